The predicted octanol–water partition coefficient (Wildman–Crippen LogP) is 6.34. The third-order valence-corrected chi connectivity index (χ3v) is 5.82. The summed E-state index contributed by atoms with van der Waals surface area (Å²) in [6.45, 7) is 17.5. The maximum absolute atomic E-state index is 9.84. The summed E-state index contributed by atoms with van der Waals surface area (Å²) in [5, 5.41) is 9.84. The first-order chi connectivity index (χ1) is 12.9. The molecule has 150 valence electrons. The van der Waals surface area contributed by atoms with Crippen LogP contribution in [0.5, 0.6) is 5.75 Å². The van der Waals surface area contributed by atoms with Crippen molar-refractivity contribution in [3.8, 4) is 5.75 Å². The van der Waals surface area contributed by atoms with Crippen LogP contribution in [0.4, 0.5) is 0 Å². The lowest BCUT2D eigenvalue weighted by molar-refractivity contribution is 0.444. The molecule has 1 aromatic rings. The van der Waals surface area contributed by atoms with E-state index >= 15 is 0 Å². The van der Waals surface area contributed by atoms with E-state index in [1.54, 1.807) is 6.07 Å². The fourth-order valence-electron chi connectivity index (χ4n) is 3.03. The van der Waals surface area contributed by atoms with Crippen LogP contribution >= 0.6 is 0 Å². The third kappa shape index (κ3) is 6.00. The molecule has 0 radical (unpaired) electrons. The molecule has 0 atom stereocenters. The number of aliphatic imine (C=N–C) groups is 1. The number of benzene rings is 1. The van der Waals surface area contributed by atoms with E-state index < -0.39 is 0 Å². The van der Waals surface area contributed by atoms with Crippen LogP contribution in [0, 0.1) is 0 Å². The quantitative estimate of drug-likeness (QED) is 0.584. The van der Waals surface area contributed by atoms with Gasteiger partial charge in [0.05, 0.1) is 5.70 Å². The molecule has 3 heteroatoms. The molecule has 28 heavy (non-hydrogen) atoms. The molecule has 0 saturated carbocycles. The van der Waals surface area contributed by atoms with E-state index in [0.717, 1.165) is 17.7 Å². The van der Waals surface area contributed by atoms with Crippen LogP contribution in [-0.4, -0.2) is 24.9 Å². The Bertz CT molecular complexity index is 880. The summed E-state index contributed by atoms with van der Waals surface area (Å²) >= 11 is 0. The monoisotopic (exact) mass is 393 g/mol. The summed E-state index contributed by atoms with van der Waals surface area (Å²) in [7, 11) is -0.217. The Morgan fingerprint density at radius 3 is 2.25 bits per heavy atom. The molecule has 0 spiro atoms. The highest BCUT2D eigenvalue weighted by Gasteiger charge is 2.21. The number of aromatic hydroxyl groups is 1. The van der Waals surface area contributed by atoms with E-state index in [1.165, 1.54) is 16.8 Å². The zero-order chi connectivity index (χ0) is 21.1. The van der Waals surface area contributed by atoms with Crippen molar-refractivity contribution in [2.45, 2.75) is 71.9 Å². The summed E-state index contributed by atoms with van der Waals surface area (Å²) in [6, 6.07) is 5.93. The van der Waals surface area contributed by atoms with Gasteiger partial charge in [-0.25, -0.2) is 0 Å². The number of allylic oxidation sites excluding steroid dienone is 4. The van der Waals surface area contributed by atoms with E-state index in [9.17, 15) is 5.11 Å². The maximum Gasteiger partial charge on any atom is 0.119 e. The van der Waals surface area contributed by atoms with Crippen molar-refractivity contribution in [2.75, 3.05) is 0 Å². The van der Waals surface area contributed by atoms with Gasteiger partial charge in [0.1, 0.15) is 5.75 Å². The molecule has 2 aliphatic rings. The van der Waals surface area contributed by atoms with Gasteiger partial charge in [-0.15, -0.1) is 0 Å². The average molecular weight is 394 g/mol. The summed E-state index contributed by atoms with van der Waals surface area (Å²) in [5.74, 6) is 0.399. The number of fused-ring (bicyclic) bond motifs is 1. The number of rotatable bonds is 2. The zero-order valence-corrected chi connectivity index (χ0v) is 19.7. The summed E-state index contributed by atoms with van der Waals surface area (Å²) in [5.41, 5.74) is 8.45. The molecule has 0 bridgehead atoms. The van der Waals surface area contributed by atoms with Crippen LogP contribution in [0.2, 0.25) is 13.1 Å². The van der Waals surface area contributed by atoms with Crippen molar-refractivity contribution >= 4 is 19.8 Å². The lowest BCUT2D eigenvalue weighted by atomic mass is 9.80. The number of hydrogen-bond donors (Lipinski definition) is 1. The Morgan fingerprint density at radius 2 is 1.71 bits per heavy atom. The van der Waals surface area contributed by atoms with Crippen molar-refractivity contribution in [3.05, 3.63) is 64.9 Å². The Kier molecular flexibility index (Phi) is 6.82. The Labute approximate surface area is 172 Å². The summed E-state index contributed by atoms with van der Waals surface area (Å²) < 4.78 is 0. The summed E-state index contributed by atoms with van der Waals surface area (Å²) in [4.78, 5) is 4.53. The molecule has 0 fully saturated rings. The van der Waals surface area contributed by atoms with Gasteiger partial charge in [-0.2, -0.15) is 0 Å². The van der Waals surface area contributed by atoms with Crippen molar-refractivity contribution < 1.29 is 5.11 Å². The van der Waals surface area contributed by atoms with Crippen LogP contribution < -0.4 is 0 Å². The highest BCUT2D eigenvalue weighted by atomic mass is 28.2. The number of phenolic OH excluding ortho intramolecular Hbond substituents is 1. The molecule has 1 aliphatic heterocycles. The van der Waals surface area contributed by atoms with Gasteiger partial charge in [0.2, 0.25) is 0 Å². The maximum atomic E-state index is 9.84. The van der Waals surface area contributed by atoms with Crippen molar-refractivity contribution in [3.63, 3.8) is 0 Å². The van der Waals surface area contributed by atoms with Crippen LogP contribution in [0.15, 0.2) is 58.8 Å². The van der Waals surface area contributed by atoms with Crippen LogP contribution in [0.1, 0.15) is 59.1 Å². The van der Waals surface area contributed by atoms with Gasteiger partial charge in [0.15, 0.2) is 0 Å². The fourth-order valence-corrected chi connectivity index (χ4v) is 3.65. The second-order valence-electron chi connectivity index (χ2n) is 9.83. The van der Waals surface area contributed by atoms with Crippen molar-refractivity contribution in [1.29, 1.82) is 0 Å². The number of phenols is 1. The normalized spacial score (nSPS) is 15.2. The first-order valence-corrected chi connectivity index (χ1v) is 12.6. The van der Waals surface area contributed by atoms with Crippen molar-refractivity contribution in [1.82, 2.24) is 0 Å². The topological polar surface area (TPSA) is 32.6 Å². The van der Waals surface area contributed by atoms with Gasteiger partial charge >= 0.3 is 0 Å². The minimum Gasteiger partial charge on any atom is -0.508 e. The van der Waals surface area contributed by atoms with E-state index in [1.807, 2.05) is 6.07 Å². The largest absolute Gasteiger partial charge is 0.508 e. The first-order valence-electron chi connectivity index (χ1n) is 10.0. The lowest BCUT2D eigenvalue weighted by Gasteiger charge is -2.25. The van der Waals surface area contributed by atoms with Gasteiger partial charge in [-0.05, 0) is 48.6 Å². The van der Waals surface area contributed by atoms with Gasteiger partial charge in [-0.3, -0.25) is 4.99 Å². The second kappa shape index (κ2) is 8.56. The van der Waals surface area contributed by atoms with Crippen LogP contribution in [0.25, 0.3) is 0 Å². The number of hydrogen-bond acceptors (Lipinski definition) is 2. The first kappa shape index (κ1) is 22.3. The van der Waals surface area contributed by atoms with E-state index in [4.69, 9.17) is 0 Å². The molecule has 0 amide bonds. The zero-order valence-electron chi connectivity index (χ0n) is 18.7. The molecule has 2 nitrogen and oxygen atoms in total. The third-order valence-electron chi connectivity index (χ3n) is 4.80. The average Bonchev–Trinajstić information content (AvgIpc) is 3.13. The molecule has 0 saturated heterocycles. The highest BCUT2D eigenvalue weighted by Crippen LogP contribution is 2.34. The molecule has 1 N–H and O–H groups in total. The molecule has 0 unspecified atom stereocenters. The molecule has 1 heterocycles. The molecular formula is C25H35NOSi. The lowest BCUT2D eigenvalue weighted by Crippen LogP contribution is -2.16. The van der Waals surface area contributed by atoms with Gasteiger partial charge in [0, 0.05) is 17.7 Å². The molecule has 1 aromatic carbocycles. The minimum absolute atomic E-state index is 0.00859. The van der Waals surface area contributed by atoms with Gasteiger partial charge < -0.3 is 5.11 Å². The Morgan fingerprint density at radius 1 is 1.04 bits per heavy atom. The smallest absolute Gasteiger partial charge is 0.119 e. The number of nitrogens with zero attached hydrogens (tertiary/aromatic N) is 1. The fraction of sp³-hybridized carbons (Fsp3) is 0.440. The molecule has 3 rings (SSSR count). The van der Waals surface area contributed by atoms with E-state index in [-0.39, 0.29) is 19.2 Å². The molecule has 1 aliphatic carbocycles. The SMILES string of the molecule is CC(C)(C)c1ccc(O)c(C(C)(C)C)c1.C[Si](C)=CCC1=NC2=CC=CC2=C1. The minimum atomic E-state index is -0.217. The second-order valence-corrected chi connectivity index (χ2v) is 12.4. The van der Waals surface area contributed by atoms with E-state index in [0.29, 0.717) is 5.75 Å². The molecular weight excluding hydrogens is 358 g/mol. The highest BCUT2D eigenvalue weighted by molar-refractivity contribution is 6.64. The van der Waals surface area contributed by atoms with Gasteiger partial charge in [-0.1, -0.05) is 84.6 Å². The van der Waals surface area contributed by atoms with E-state index in [2.05, 4.69) is 95.7 Å². The van der Waals surface area contributed by atoms with Crippen LogP contribution in [0.3, 0.4) is 0 Å². The predicted molar refractivity (Wildman–Crippen MR) is 126 cm³/mol. The van der Waals surface area contributed by atoms with Crippen LogP contribution in [-0.2, 0) is 10.8 Å². The Balaban J connectivity index is 0.000000202. The standard InChI is InChI=1S/C14H22O.C11H13NSi/c1-13(2,3)10-7-8-12(15)11(9-10)14(4,5)6;1-13(2)7-6-10-8-9-4-3-5-11(9)12-10/h7-9,15H,1-6H3;3-5,7-8H,6H2,1-2H3. The van der Waals surface area contributed by atoms with Gasteiger partial charge in [0.25, 0.3) is 0 Å². The Hall–Kier alpha value is -2.00. The molecule has 0 aromatic heterocycles. The van der Waals surface area contributed by atoms with Crippen molar-refractivity contribution in [2.24, 2.45) is 4.99 Å². The summed E-state index contributed by atoms with van der Waals surface area (Å²) in [6.07, 6.45) is 9.48.